The van der Waals surface area contributed by atoms with Crippen LogP contribution < -0.4 is 0 Å². The van der Waals surface area contributed by atoms with Crippen LogP contribution in [0.15, 0.2) is 57.8 Å². The Labute approximate surface area is 151 Å². The highest BCUT2D eigenvalue weighted by molar-refractivity contribution is 9.10. The predicted molar refractivity (Wildman–Crippen MR) is 100 cm³/mol. The van der Waals surface area contributed by atoms with E-state index < -0.39 is 0 Å². The fourth-order valence-corrected chi connectivity index (χ4v) is 3.68. The van der Waals surface area contributed by atoms with E-state index in [0.29, 0.717) is 6.61 Å². The molecule has 4 rings (SSSR count). The van der Waals surface area contributed by atoms with E-state index in [2.05, 4.69) is 49.9 Å². The van der Waals surface area contributed by atoms with Crippen molar-refractivity contribution in [3.05, 3.63) is 63.5 Å². The van der Waals surface area contributed by atoms with Gasteiger partial charge in [-0.1, -0.05) is 28.1 Å². The summed E-state index contributed by atoms with van der Waals surface area (Å²) in [5.41, 5.74) is 5.99. The lowest BCUT2D eigenvalue weighted by Gasteiger charge is -2.04. The molecule has 24 heavy (non-hydrogen) atoms. The summed E-state index contributed by atoms with van der Waals surface area (Å²) in [5, 5.41) is 8.96. The van der Waals surface area contributed by atoms with Crippen molar-refractivity contribution in [3.8, 4) is 22.4 Å². The average Bonchev–Trinajstić information content (AvgIpc) is 3.23. The summed E-state index contributed by atoms with van der Waals surface area (Å²) < 4.78 is 8.32. The lowest BCUT2D eigenvalue weighted by molar-refractivity contribution is 0.181. The first-order chi connectivity index (χ1) is 11.8. The lowest BCUT2D eigenvalue weighted by atomic mass is 10.1. The summed E-state index contributed by atoms with van der Waals surface area (Å²) in [7, 11) is 1.68. The molecule has 0 bridgehead atoms. The molecule has 6 heteroatoms. The normalized spacial score (nSPS) is 11.2. The summed E-state index contributed by atoms with van der Waals surface area (Å²) in [5.74, 6) is 0. The van der Waals surface area contributed by atoms with Crippen molar-refractivity contribution in [2.45, 2.75) is 6.61 Å². The number of methoxy groups -OCH3 is 1. The highest BCUT2D eigenvalue weighted by Crippen LogP contribution is 2.32. The minimum Gasteiger partial charge on any atom is -0.378 e. The zero-order valence-electron chi connectivity index (χ0n) is 12.9. The molecule has 0 atom stereocenters. The standard InChI is InChI=1S/C18H14BrN3OS/c1-23-10-15-17(12-2-4-14(19)5-3-12)18-20-8-6-16(22(18)21-15)13-7-9-24-11-13/h2-9,11H,10H2,1H3. The number of thiophene rings is 1. The Morgan fingerprint density at radius 3 is 2.67 bits per heavy atom. The molecule has 0 radical (unpaired) electrons. The van der Waals surface area contributed by atoms with Crippen LogP contribution in [-0.4, -0.2) is 21.7 Å². The van der Waals surface area contributed by atoms with Gasteiger partial charge in [-0.2, -0.15) is 16.4 Å². The number of hydrogen-bond donors (Lipinski definition) is 0. The van der Waals surface area contributed by atoms with Crippen molar-refractivity contribution in [1.82, 2.24) is 14.6 Å². The number of aromatic nitrogens is 3. The maximum Gasteiger partial charge on any atom is 0.163 e. The summed E-state index contributed by atoms with van der Waals surface area (Å²) in [6, 6.07) is 12.3. The number of benzene rings is 1. The second kappa shape index (κ2) is 6.47. The van der Waals surface area contributed by atoms with E-state index in [1.807, 2.05) is 28.9 Å². The van der Waals surface area contributed by atoms with Gasteiger partial charge in [0.15, 0.2) is 5.65 Å². The number of nitrogens with zero attached hydrogens (tertiary/aromatic N) is 3. The molecule has 3 heterocycles. The van der Waals surface area contributed by atoms with Crippen LogP contribution in [0, 0.1) is 0 Å². The van der Waals surface area contributed by atoms with Gasteiger partial charge in [-0.25, -0.2) is 9.50 Å². The number of rotatable bonds is 4. The van der Waals surface area contributed by atoms with Crippen molar-refractivity contribution >= 4 is 32.9 Å². The van der Waals surface area contributed by atoms with Crippen LogP contribution in [0.1, 0.15) is 5.69 Å². The van der Waals surface area contributed by atoms with Crippen LogP contribution in [0.25, 0.3) is 28.0 Å². The van der Waals surface area contributed by atoms with Crippen LogP contribution in [0.4, 0.5) is 0 Å². The molecule has 3 aromatic heterocycles. The van der Waals surface area contributed by atoms with Crippen LogP contribution >= 0.6 is 27.3 Å². The summed E-state index contributed by atoms with van der Waals surface area (Å²) >= 11 is 5.16. The first-order valence-electron chi connectivity index (χ1n) is 7.42. The van der Waals surface area contributed by atoms with Crippen LogP contribution in [0.3, 0.4) is 0 Å². The zero-order chi connectivity index (χ0) is 16.5. The molecule has 4 aromatic rings. The molecule has 0 amide bonds. The molecule has 0 unspecified atom stereocenters. The molecular formula is C18H14BrN3OS. The van der Waals surface area contributed by atoms with Gasteiger partial charge in [-0.15, -0.1) is 0 Å². The van der Waals surface area contributed by atoms with Crippen molar-refractivity contribution in [3.63, 3.8) is 0 Å². The predicted octanol–water partition coefficient (Wildman–Crippen LogP) is 5.03. The molecule has 0 spiro atoms. The molecule has 0 saturated carbocycles. The Balaban J connectivity index is 1.99. The molecule has 4 nitrogen and oxygen atoms in total. The minimum atomic E-state index is 0.442. The quantitative estimate of drug-likeness (QED) is 0.482. The second-order valence-electron chi connectivity index (χ2n) is 5.34. The maximum absolute atomic E-state index is 5.36. The SMILES string of the molecule is COCc1nn2c(-c3ccsc3)ccnc2c1-c1ccc(Br)cc1. The number of fused-ring (bicyclic) bond motifs is 1. The summed E-state index contributed by atoms with van der Waals surface area (Å²) in [6.45, 7) is 0.442. The van der Waals surface area contributed by atoms with E-state index in [1.165, 1.54) is 0 Å². The Hall–Kier alpha value is -2.02. The van der Waals surface area contributed by atoms with E-state index in [1.54, 1.807) is 18.4 Å². The van der Waals surface area contributed by atoms with Gasteiger partial charge in [0.25, 0.3) is 0 Å². The van der Waals surface area contributed by atoms with Crippen molar-refractivity contribution in [2.75, 3.05) is 7.11 Å². The molecule has 120 valence electrons. The zero-order valence-corrected chi connectivity index (χ0v) is 15.3. The number of hydrogen-bond acceptors (Lipinski definition) is 4. The van der Waals surface area contributed by atoms with Crippen LogP contribution in [0.5, 0.6) is 0 Å². The van der Waals surface area contributed by atoms with Gasteiger partial charge in [-0.05, 0) is 35.2 Å². The monoisotopic (exact) mass is 399 g/mol. The van der Waals surface area contributed by atoms with E-state index >= 15 is 0 Å². The highest BCUT2D eigenvalue weighted by Gasteiger charge is 2.18. The summed E-state index contributed by atoms with van der Waals surface area (Å²) in [6.07, 6.45) is 1.84. The van der Waals surface area contributed by atoms with Crippen molar-refractivity contribution in [2.24, 2.45) is 0 Å². The fourth-order valence-electron chi connectivity index (χ4n) is 2.77. The fraction of sp³-hybridized carbons (Fsp3) is 0.111. The van der Waals surface area contributed by atoms with Gasteiger partial charge in [0.1, 0.15) is 0 Å². The first-order valence-corrected chi connectivity index (χ1v) is 9.15. The van der Waals surface area contributed by atoms with Gasteiger partial charge in [0.2, 0.25) is 0 Å². The van der Waals surface area contributed by atoms with E-state index in [0.717, 1.165) is 38.2 Å². The third kappa shape index (κ3) is 2.66. The van der Waals surface area contributed by atoms with Crippen molar-refractivity contribution < 1.29 is 4.74 Å². The number of halogens is 1. The Bertz CT molecular complexity index is 978. The van der Waals surface area contributed by atoms with Crippen LogP contribution in [0.2, 0.25) is 0 Å². The van der Waals surface area contributed by atoms with Crippen molar-refractivity contribution in [1.29, 1.82) is 0 Å². The Kier molecular flexibility index (Phi) is 4.18. The van der Waals surface area contributed by atoms with Gasteiger partial charge < -0.3 is 4.74 Å². The number of ether oxygens (including phenoxy) is 1. The molecule has 0 N–H and O–H groups in total. The smallest absolute Gasteiger partial charge is 0.163 e. The topological polar surface area (TPSA) is 39.4 Å². The molecule has 0 aliphatic rings. The largest absolute Gasteiger partial charge is 0.378 e. The molecule has 0 aliphatic heterocycles. The van der Waals surface area contributed by atoms with Gasteiger partial charge in [0.05, 0.1) is 23.6 Å². The third-order valence-electron chi connectivity index (χ3n) is 3.82. The van der Waals surface area contributed by atoms with E-state index in [4.69, 9.17) is 9.84 Å². The molecule has 0 fully saturated rings. The Morgan fingerprint density at radius 2 is 1.96 bits per heavy atom. The Morgan fingerprint density at radius 1 is 1.12 bits per heavy atom. The second-order valence-corrected chi connectivity index (χ2v) is 7.03. The molecular weight excluding hydrogens is 386 g/mol. The third-order valence-corrected chi connectivity index (χ3v) is 5.03. The van der Waals surface area contributed by atoms with E-state index in [9.17, 15) is 0 Å². The van der Waals surface area contributed by atoms with Crippen LogP contribution in [-0.2, 0) is 11.3 Å². The van der Waals surface area contributed by atoms with Gasteiger partial charge >= 0.3 is 0 Å². The van der Waals surface area contributed by atoms with Gasteiger partial charge in [-0.3, -0.25) is 0 Å². The maximum atomic E-state index is 5.36. The summed E-state index contributed by atoms with van der Waals surface area (Å²) in [4.78, 5) is 4.59. The minimum absolute atomic E-state index is 0.442. The molecule has 0 saturated heterocycles. The van der Waals surface area contributed by atoms with E-state index in [-0.39, 0.29) is 0 Å². The lowest BCUT2D eigenvalue weighted by Crippen LogP contribution is -1.95. The first kappa shape index (κ1) is 15.5. The van der Waals surface area contributed by atoms with Gasteiger partial charge in [0, 0.05) is 28.7 Å². The molecule has 1 aromatic carbocycles. The highest BCUT2D eigenvalue weighted by atomic mass is 79.9. The molecule has 0 aliphatic carbocycles. The average molecular weight is 400 g/mol.